The molecule has 0 fully saturated rings. The number of rotatable bonds is 4. The molecule has 0 amide bonds. The Balaban J connectivity index is 2.22. The standard InChI is InChI=1S/C16H13F6NO2S/c17-7-26(25)12-6-23(8-1-2-10(18)9(5-8)15(19)20)11-3-4-16(21,22)14(24)13(11)12/h1-2,5-6,14-15,24H,3-4,7H2. The van der Waals surface area contributed by atoms with Crippen LogP contribution >= 0.6 is 0 Å². The fraction of sp³-hybridized carbons (Fsp3) is 0.375. The van der Waals surface area contributed by atoms with Gasteiger partial charge in [0, 0.05) is 29.6 Å². The Kier molecular flexibility index (Phi) is 4.91. The molecule has 3 nitrogen and oxygen atoms in total. The zero-order chi connectivity index (χ0) is 19.2. The predicted molar refractivity (Wildman–Crippen MR) is 81.3 cm³/mol. The molecule has 1 aromatic heterocycles. The van der Waals surface area contributed by atoms with E-state index in [1.807, 2.05) is 0 Å². The molecule has 1 heterocycles. The molecule has 0 radical (unpaired) electrons. The third kappa shape index (κ3) is 3.05. The van der Waals surface area contributed by atoms with Crippen LogP contribution < -0.4 is 0 Å². The van der Waals surface area contributed by atoms with Crippen LogP contribution in [0.2, 0.25) is 0 Å². The normalized spacial score (nSPS) is 20.2. The van der Waals surface area contributed by atoms with E-state index in [-0.39, 0.29) is 28.3 Å². The van der Waals surface area contributed by atoms with Gasteiger partial charge in [-0.3, -0.25) is 4.21 Å². The molecule has 2 aromatic rings. The fourth-order valence-electron chi connectivity index (χ4n) is 3.04. The molecule has 1 aliphatic carbocycles. The van der Waals surface area contributed by atoms with Crippen molar-refractivity contribution in [3.63, 3.8) is 0 Å². The van der Waals surface area contributed by atoms with Crippen LogP contribution in [0.4, 0.5) is 26.3 Å². The van der Waals surface area contributed by atoms with E-state index < -0.39 is 53.1 Å². The van der Waals surface area contributed by atoms with Crippen molar-refractivity contribution in [2.24, 2.45) is 0 Å². The van der Waals surface area contributed by atoms with Crippen LogP contribution in [0, 0.1) is 5.82 Å². The Bertz CT molecular complexity index is 867. The molecule has 1 N–H and O–H groups in total. The second-order valence-electron chi connectivity index (χ2n) is 5.85. The van der Waals surface area contributed by atoms with Gasteiger partial charge in [-0.15, -0.1) is 0 Å². The van der Waals surface area contributed by atoms with Crippen molar-refractivity contribution < 1.29 is 35.7 Å². The first-order valence-electron chi connectivity index (χ1n) is 7.49. The van der Waals surface area contributed by atoms with Crippen molar-refractivity contribution in [2.45, 2.75) is 36.2 Å². The van der Waals surface area contributed by atoms with Crippen LogP contribution in [-0.4, -0.2) is 25.8 Å². The second-order valence-corrected chi connectivity index (χ2v) is 7.20. The number of hydrogen-bond acceptors (Lipinski definition) is 2. The van der Waals surface area contributed by atoms with Gasteiger partial charge >= 0.3 is 0 Å². The van der Waals surface area contributed by atoms with Gasteiger partial charge in [-0.2, -0.15) is 0 Å². The number of hydrogen-bond donors (Lipinski definition) is 1. The lowest BCUT2D eigenvalue weighted by Gasteiger charge is -2.29. The lowest BCUT2D eigenvalue weighted by atomic mass is 9.91. The summed E-state index contributed by atoms with van der Waals surface area (Å²) >= 11 is 0. The molecule has 142 valence electrons. The van der Waals surface area contributed by atoms with Gasteiger partial charge in [0.2, 0.25) is 0 Å². The molecular weight excluding hydrogens is 384 g/mol. The van der Waals surface area contributed by atoms with Gasteiger partial charge in [0.25, 0.3) is 12.3 Å². The lowest BCUT2D eigenvalue weighted by Crippen LogP contribution is -2.32. The molecule has 3 rings (SSSR count). The highest BCUT2D eigenvalue weighted by molar-refractivity contribution is 7.84. The molecule has 2 atom stereocenters. The van der Waals surface area contributed by atoms with Crippen molar-refractivity contribution in [2.75, 3.05) is 6.01 Å². The van der Waals surface area contributed by atoms with Crippen molar-refractivity contribution >= 4 is 10.8 Å². The van der Waals surface area contributed by atoms with E-state index in [1.54, 1.807) is 0 Å². The van der Waals surface area contributed by atoms with E-state index in [1.165, 1.54) is 4.57 Å². The molecule has 0 saturated carbocycles. The summed E-state index contributed by atoms with van der Waals surface area (Å²) < 4.78 is 93.0. The average molecular weight is 397 g/mol. The number of nitrogens with zero attached hydrogens (tertiary/aromatic N) is 1. The Labute approximate surface area is 146 Å². The van der Waals surface area contributed by atoms with Gasteiger partial charge in [0.15, 0.2) is 6.01 Å². The maximum atomic E-state index is 13.9. The monoisotopic (exact) mass is 397 g/mol. The summed E-state index contributed by atoms with van der Waals surface area (Å²) in [5.74, 6) is -4.63. The maximum Gasteiger partial charge on any atom is 0.278 e. The number of aliphatic hydroxyl groups is 1. The summed E-state index contributed by atoms with van der Waals surface area (Å²) in [6.45, 7) is 0. The molecule has 2 unspecified atom stereocenters. The number of benzene rings is 1. The number of halogens is 6. The third-order valence-corrected chi connectivity index (χ3v) is 5.33. The molecule has 1 aliphatic rings. The number of aliphatic hydroxyl groups excluding tert-OH is 1. The highest BCUT2D eigenvalue weighted by Crippen LogP contribution is 2.45. The van der Waals surface area contributed by atoms with Crippen LogP contribution in [0.15, 0.2) is 29.3 Å². The summed E-state index contributed by atoms with van der Waals surface area (Å²) in [7, 11) is -2.31. The summed E-state index contributed by atoms with van der Waals surface area (Å²) in [5.41, 5.74) is -1.15. The minimum atomic E-state index is -3.49. The quantitative estimate of drug-likeness (QED) is 0.786. The summed E-state index contributed by atoms with van der Waals surface area (Å²) in [4.78, 5) is -0.336. The molecule has 26 heavy (non-hydrogen) atoms. The zero-order valence-electron chi connectivity index (χ0n) is 13.1. The summed E-state index contributed by atoms with van der Waals surface area (Å²) in [6.07, 6.45) is -5.32. The van der Waals surface area contributed by atoms with Crippen molar-refractivity contribution in [1.29, 1.82) is 0 Å². The Hall–Kier alpha value is -1.81. The molecule has 10 heteroatoms. The number of alkyl halides is 5. The Morgan fingerprint density at radius 3 is 2.65 bits per heavy atom. The van der Waals surface area contributed by atoms with E-state index >= 15 is 0 Å². The van der Waals surface area contributed by atoms with Gasteiger partial charge in [-0.1, -0.05) is 0 Å². The minimum absolute atomic E-state index is 0.0116. The topological polar surface area (TPSA) is 42.2 Å². The lowest BCUT2D eigenvalue weighted by molar-refractivity contribution is -0.123. The first-order valence-corrected chi connectivity index (χ1v) is 8.81. The van der Waals surface area contributed by atoms with Crippen LogP contribution in [0.1, 0.15) is 35.8 Å². The fourth-order valence-corrected chi connectivity index (χ4v) is 3.85. The van der Waals surface area contributed by atoms with Crippen LogP contribution in [0.25, 0.3) is 5.69 Å². The maximum absolute atomic E-state index is 13.9. The number of fused-ring (bicyclic) bond motifs is 1. The van der Waals surface area contributed by atoms with Crippen molar-refractivity contribution in [3.8, 4) is 5.69 Å². The second kappa shape index (κ2) is 6.73. The van der Waals surface area contributed by atoms with Crippen LogP contribution in [0.3, 0.4) is 0 Å². The number of aromatic nitrogens is 1. The Morgan fingerprint density at radius 1 is 1.35 bits per heavy atom. The summed E-state index contributed by atoms with van der Waals surface area (Å²) in [5, 5.41) is 9.96. The predicted octanol–water partition coefficient (Wildman–Crippen LogP) is 4.20. The molecule has 0 saturated heterocycles. The van der Waals surface area contributed by atoms with E-state index in [4.69, 9.17) is 0 Å². The van der Waals surface area contributed by atoms with E-state index in [0.717, 1.165) is 24.4 Å². The third-order valence-electron chi connectivity index (χ3n) is 4.32. The summed E-state index contributed by atoms with van der Waals surface area (Å²) in [6, 6.07) is 1.41. The van der Waals surface area contributed by atoms with Crippen LogP contribution in [-0.2, 0) is 17.2 Å². The van der Waals surface area contributed by atoms with E-state index in [0.29, 0.717) is 0 Å². The first kappa shape index (κ1) is 19.0. The van der Waals surface area contributed by atoms with Gasteiger partial charge in [0.1, 0.15) is 11.9 Å². The van der Waals surface area contributed by atoms with E-state index in [2.05, 4.69) is 0 Å². The molecular formula is C16H13F6NO2S. The largest absolute Gasteiger partial charge is 0.382 e. The van der Waals surface area contributed by atoms with Crippen LogP contribution in [0.5, 0.6) is 0 Å². The van der Waals surface area contributed by atoms with E-state index in [9.17, 15) is 35.7 Å². The Morgan fingerprint density at radius 2 is 2.04 bits per heavy atom. The molecule has 0 aliphatic heterocycles. The van der Waals surface area contributed by atoms with Crippen molar-refractivity contribution in [3.05, 3.63) is 47.0 Å². The highest BCUT2D eigenvalue weighted by Gasteiger charge is 2.46. The first-order chi connectivity index (χ1) is 12.2. The SMILES string of the molecule is O=S(CF)c1cn(-c2ccc(F)c(C(F)F)c2)c2c1C(O)C(F)(F)CC2. The van der Waals surface area contributed by atoms with Crippen molar-refractivity contribution in [1.82, 2.24) is 4.57 Å². The van der Waals surface area contributed by atoms with Gasteiger partial charge in [-0.05, 0) is 24.6 Å². The average Bonchev–Trinajstić information content (AvgIpc) is 2.98. The zero-order valence-corrected chi connectivity index (χ0v) is 13.9. The van der Waals surface area contributed by atoms with Gasteiger partial charge in [-0.25, -0.2) is 26.3 Å². The van der Waals surface area contributed by atoms with Gasteiger partial charge < -0.3 is 9.67 Å². The molecule has 1 aromatic carbocycles. The smallest absolute Gasteiger partial charge is 0.278 e. The minimum Gasteiger partial charge on any atom is -0.382 e. The highest BCUT2D eigenvalue weighted by atomic mass is 32.2. The molecule has 0 bridgehead atoms. The molecule has 0 spiro atoms. The van der Waals surface area contributed by atoms with Gasteiger partial charge in [0.05, 0.1) is 21.3 Å².